The summed E-state index contributed by atoms with van der Waals surface area (Å²) in [5.41, 5.74) is 31.6. The molecule has 0 unspecified atom stereocenters. The van der Waals surface area contributed by atoms with Crippen LogP contribution in [0.4, 0.5) is 34.1 Å². The molecule has 0 N–H and O–H groups in total. The molecule has 0 fully saturated rings. The largest absolute Gasteiger partial charge is 0.310 e. The zero-order chi connectivity index (χ0) is 74.7. The molecule has 0 saturated heterocycles. The van der Waals surface area contributed by atoms with Crippen molar-refractivity contribution in [2.24, 2.45) is 0 Å². The first-order valence-electron chi connectivity index (χ1n) is 38.7. The van der Waals surface area contributed by atoms with Gasteiger partial charge in [-0.1, -0.05) is 329 Å². The minimum Gasteiger partial charge on any atom is -0.310 e. The summed E-state index contributed by atoms with van der Waals surface area (Å²) >= 11 is 0. The predicted molar refractivity (Wildman–Crippen MR) is 471 cm³/mol. The number of aryl methyl sites for hydroxylation is 2. The Kier molecular flexibility index (Phi) is 16.9. The highest BCUT2D eigenvalue weighted by Crippen LogP contribution is 2.55. The summed E-state index contributed by atoms with van der Waals surface area (Å²) < 4.78 is 2.57. The normalized spacial score (nSPS) is 12.9. The zero-order valence-corrected chi connectivity index (χ0v) is 65.3. The Bertz CT molecular complexity index is 5860. The molecule has 0 saturated carbocycles. The maximum atomic E-state index is 2.73. The van der Waals surface area contributed by atoms with Gasteiger partial charge in [-0.3, -0.25) is 0 Å². The first-order chi connectivity index (χ1) is 52.8. The molecule has 0 aliphatic carbocycles. The van der Waals surface area contributed by atoms with Crippen molar-refractivity contribution in [3.8, 4) is 61.3 Å². The van der Waals surface area contributed by atoms with E-state index in [-0.39, 0.29) is 23.0 Å². The van der Waals surface area contributed by atoms with Crippen LogP contribution in [0.15, 0.2) is 346 Å². The Labute approximate surface area is 645 Å². The lowest BCUT2D eigenvalue weighted by Crippen LogP contribution is -2.74. The maximum absolute atomic E-state index is 2.86. The van der Waals surface area contributed by atoms with Crippen molar-refractivity contribution in [1.82, 2.24) is 4.57 Å². The van der Waals surface area contributed by atoms with E-state index in [9.17, 15) is 0 Å². The predicted octanol–water partition coefficient (Wildman–Crippen LogP) is 23.1. The smallest absolute Gasteiger partial charge is 0.252 e. The SMILES string of the molecule is Cc1cc(-c2ccccc2)c(N2c3ccc(-c4ccc([Si](c5ccccc5)(c5ccccc5)c5ccccc5)cc4)cc3B3c4ccc(-n5c6ccc(C(C)(C)C)cc6c6cc(C(C)(C)C)ccc65)cc4N(c4c(-c5ccccc5)cc(C)cc4-c4ccccc4)c4cc(C(C)(C)C)cc2c43)c(-c2ccccc2)c1. The van der Waals surface area contributed by atoms with Crippen LogP contribution in [0, 0.1) is 13.8 Å². The number of hydrogen-bond donors (Lipinski definition) is 0. The Balaban J connectivity index is 0.975. The summed E-state index contributed by atoms with van der Waals surface area (Å²) in [5, 5.41) is 7.93. The molecule has 2 aliphatic rings. The van der Waals surface area contributed by atoms with Crippen molar-refractivity contribution >= 4 is 108 Å². The highest BCUT2D eigenvalue weighted by molar-refractivity contribution is 7.20. The summed E-state index contributed by atoms with van der Waals surface area (Å²) in [6.07, 6.45) is 0. The number of aromatic nitrogens is 1. The third-order valence-corrected chi connectivity index (χ3v) is 28.0. The first kappa shape index (κ1) is 68.8. The quantitative estimate of drug-likeness (QED) is 0.0892. The lowest BCUT2D eigenvalue weighted by molar-refractivity contribution is 0.590. The van der Waals surface area contributed by atoms with Crippen molar-refractivity contribution in [2.45, 2.75) is 92.4 Å². The van der Waals surface area contributed by atoms with E-state index >= 15 is 0 Å². The fourth-order valence-corrected chi connectivity index (χ4v) is 22.6. The summed E-state index contributed by atoms with van der Waals surface area (Å²) in [6.45, 7) is 25.5. The van der Waals surface area contributed by atoms with E-state index in [1.165, 1.54) is 115 Å². The second-order valence-corrected chi connectivity index (χ2v) is 37.2. The summed E-state index contributed by atoms with van der Waals surface area (Å²) in [6, 6.07) is 133. The fourth-order valence-electron chi connectivity index (χ4n) is 17.8. The topological polar surface area (TPSA) is 11.4 Å². The lowest BCUT2D eigenvalue weighted by Gasteiger charge is -2.46. The molecule has 16 aromatic rings. The molecule has 0 bridgehead atoms. The van der Waals surface area contributed by atoms with Gasteiger partial charge in [-0.05, 0) is 207 Å². The van der Waals surface area contributed by atoms with Gasteiger partial charge in [0.2, 0.25) is 0 Å². The van der Waals surface area contributed by atoms with E-state index in [1.807, 2.05) is 0 Å². The van der Waals surface area contributed by atoms with Crippen LogP contribution in [-0.4, -0.2) is 19.4 Å². The van der Waals surface area contributed by atoms with Crippen molar-refractivity contribution in [1.29, 1.82) is 0 Å². The van der Waals surface area contributed by atoms with Crippen LogP contribution in [0.1, 0.15) is 90.1 Å². The van der Waals surface area contributed by atoms with Gasteiger partial charge in [0.05, 0.1) is 22.4 Å². The van der Waals surface area contributed by atoms with Crippen LogP contribution in [0.3, 0.4) is 0 Å². The molecule has 2 aliphatic heterocycles. The molecule has 528 valence electrons. The van der Waals surface area contributed by atoms with Crippen LogP contribution in [-0.2, 0) is 16.2 Å². The van der Waals surface area contributed by atoms with Crippen LogP contribution in [0.5, 0.6) is 0 Å². The van der Waals surface area contributed by atoms with Gasteiger partial charge in [-0.15, -0.1) is 0 Å². The Morgan fingerprint density at radius 2 is 0.624 bits per heavy atom. The van der Waals surface area contributed by atoms with E-state index in [0.29, 0.717) is 0 Å². The number of rotatable bonds is 12. The van der Waals surface area contributed by atoms with E-state index in [2.05, 4.69) is 436 Å². The van der Waals surface area contributed by atoms with Crippen molar-refractivity contribution in [3.63, 3.8) is 0 Å². The van der Waals surface area contributed by atoms with E-state index in [1.54, 1.807) is 0 Å². The molecule has 3 nitrogen and oxygen atoms in total. The van der Waals surface area contributed by atoms with Crippen molar-refractivity contribution < 1.29 is 0 Å². The van der Waals surface area contributed by atoms with Crippen LogP contribution >= 0.6 is 0 Å². The van der Waals surface area contributed by atoms with Crippen molar-refractivity contribution in [2.75, 3.05) is 9.80 Å². The van der Waals surface area contributed by atoms with Gasteiger partial charge < -0.3 is 14.4 Å². The van der Waals surface area contributed by atoms with Gasteiger partial charge >= 0.3 is 0 Å². The van der Waals surface area contributed by atoms with Gasteiger partial charge in [-0.2, -0.15) is 0 Å². The van der Waals surface area contributed by atoms with Gasteiger partial charge in [-0.25, -0.2) is 0 Å². The zero-order valence-electron chi connectivity index (χ0n) is 64.3. The van der Waals surface area contributed by atoms with Gasteiger partial charge in [0.15, 0.2) is 8.07 Å². The molecule has 0 amide bonds. The summed E-state index contributed by atoms with van der Waals surface area (Å²) in [7, 11) is -2.86. The second kappa shape index (κ2) is 26.7. The lowest BCUT2D eigenvalue weighted by atomic mass is 9.33. The third-order valence-electron chi connectivity index (χ3n) is 23.2. The van der Waals surface area contributed by atoms with E-state index in [4.69, 9.17) is 0 Å². The standard InChI is InChI=1S/C104H90BN3Si/c1-69-59-85(72-33-19-12-20-34-72)100(86(60-69)73-35-21-13-22-36-73)107-95-56-49-76(71-47-53-84(54-48-71)109(81-41-27-16-28-42-81,82-43-29-17-30-44-82)83-45-31-18-32-46-83)63-92(95)105-91-55-52-80(106-93-57-50-77(102(3,4)5)64-89(93)90-65-78(103(6,7)8)51-58-94(90)106)68-96(91)108(98-67-79(104(9,10)11)66-97(107)99(98)105)101-87(74-37-23-14-24-38-74)61-70(2)62-88(101)75-39-25-15-26-40-75/h12-68H,1-11H3. The molecule has 0 atom stereocenters. The van der Waals surface area contributed by atoms with E-state index in [0.717, 1.165) is 67.5 Å². The van der Waals surface area contributed by atoms with Crippen LogP contribution < -0.4 is 46.9 Å². The molecule has 3 heterocycles. The second-order valence-electron chi connectivity index (χ2n) is 33.4. The average Bonchev–Trinajstić information content (AvgIpc) is 0.846. The van der Waals surface area contributed by atoms with Gasteiger partial charge in [0, 0.05) is 61.5 Å². The number of fused-ring (bicyclic) bond motifs is 7. The molecule has 109 heavy (non-hydrogen) atoms. The highest BCUT2D eigenvalue weighted by Gasteiger charge is 2.47. The molecule has 5 heteroatoms. The maximum Gasteiger partial charge on any atom is 0.252 e. The highest BCUT2D eigenvalue weighted by atomic mass is 28.3. The molecular weight excluding hydrogens is 1330 g/mol. The van der Waals surface area contributed by atoms with Gasteiger partial charge in [0.1, 0.15) is 0 Å². The first-order valence-corrected chi connectivity index (χ1v) is 40.7. The Morgan fingerprint density at radius 1 is 0.266 bits per heavy atom. The number of nitrogens with zero attached hydrogens (tertiary/aromatic N) is 3. The third kappa shape index (κ3) is 11.8. The molecule has 0 spiro atoms. The number of hydrogen-bond acceptors (Lipinski definition) is 2. The fraction of sp³-hybridized carbons (Fsp3) is 0.135. The molecule has 1 aromatic heterocycles. The molecule has 0 radical (unpaired) electrons. The van der Waals surface area contributed by atoms with Crippen LogP contribution in [0.25, 0.3) is 83.1 Å². The summed E-state index contributed by atoms with van der Waals surface area (Å²) in [5.74, 6) is 0. The van der Waals surface area contributed by atoms with Gasteiger partial charge in [0.25, 0.3) is 6.71 Å². The summed E-state index contributed by atoms with van der Waals surface area (Å²) in [4.78, 5) is 5.44. The Morgan fingerprint density at radius 3 is 1.01 bits per heavy atom. The molecule has 18 rings (SSSR count). The van der Waals surface area contributed by atoms with E-state index < -0.39 is 8.07 Å². The number of anilines is 6. The molecular formula is C104H90BN3Si. The minimum absolute atomic E-state index is 0.0584. The molecule has 15 aromatic carbocycles. The minimum atomic E-state index is -2.86. The van der Waals surface area contributed by atoms with Crippen molar-refractivity contribution in [3.05, 3.63) is 374 Å². The van der Waals surface area contributed by atoms with Crippen LogP contribution in [0.2, 0.25) is 0 Å². The monoisotopic (exact) mass is 1420 g/mol. The average molecular weight is 1420 g/mol. The number of benzene rings is 15. The Hall–Kier alpha value is -12.0.